The van der Waals surface area contributed by atoms with Crippen LogP contribution in [0.3, 0.4) is 0 Å². The Bertz CT molecular complexity index is 420. The Balaban J connectivity index is 2.14. The van der Waals surface area contributed by atoms with Crippen LogP contribution in [0.1, 0.15) is 6.42 Å². The molecule has 17 heavy (non-hydrogen) atoms. The number of nitrogens with zero attached hydrogens (tertiary/aromatic N) is 1. The zero-order chi connectivity index (χ0) is 12.3. The molecule has 0 saturated carbocycles. The minimum atomic E-state index is -0.112. The maximum absolute atomic E-state index is 11.2. The number of hydrogen-bond acceptors (Lipinski definition) is 4. The molecule has 1 aliphatic heterocycles. The summed E-state index contributed by atoms with van der Waals surface area (Å²) in [7, 11) is 2.00. The van der Waals surface area contributed by atoms with Gasteiger partial charge < -0.3 is 20.7 Å². The van der Waals surface area contributed by atoms with Crippen molar-refractivity contribution in [1.82, 2.24) is 0 Å². The van der Waals surface area contributed by atoms with Crippen molar-refractivity contribution in [2.45, 2.75) is 6.42 Å². The van der Waals surface area contributed by atoms with Crippen molar-refractivity contribution < 1.29 is 9.53 Å². The second kappa shape index (κ2) is 5.05. The number of carbonyl (C=O) groups is 1. The second-order valence-corrected chi connectivity index (χ2v) is 4.08. The van der Waals surface area contributed by atoms with Crippen molar-refractivity contribution in [3.8, 4) is 5.75 Å². The molecule has 1 amide bonds. The minimum absolute atomic E-state index is 0.0926. The molecule has 5 nitrogen and oxygen atoms in total. The molecule has 0 fully saturated rings. The Labute approximate surface area is 101 Å². The van der Waals surface area contributed by atoms with Crippen LogP contribution in [0, 0.1) is 0 Å². The number of ether oxygens (including phenoxy) is 1. The molecule has 0 atom stereocenters. The zero-order valence-electron chi connectivity index (χ0n) is 9.90. The van der Waals surface area contributed by atoms with E-state index in [1.165, 1.54) is 0 Å². The van der Waals surface area contributed by atoms with Crippen molar-refractivity contribution in [3.63, 3.8) is 0 Å². The number of nitrogens with one attached hydrogen (secondary N) is 1. The van der Waals surface area contributed by atoms with Gasteiger partial charge in [-0.25, -0.2) is 0 Å². The van der Waals surface area contributed by atoms with E-state index < -0.39 is 0 Å². The second-order valence-electron chi connectivity index (χ2n) is 4.08. The summed E-state index contributed by atoms with van der Waals surface area (Å²) in [4.78, 5) is 13.3. The van der Waals surface area contributed by atoms with Gasteiger partial charge in [-0.1, -0.05) is 0 Å². The number of nitrogens with two attached hydrogens (primary N) is 1. The highest BCUT2D eigenvalue weighted by atomic mass is 16.5. The average molecular weight is 235 g/mol. The van der Waals surface area contributed by atoms with Crippen molar-refractivity contribution in [2.75, 3.05) is 37.0 Å². The SMILES string of the molecule is CN(CCCN)c1ccc2c(c1)NC(=O)CO2. The van der Waals surface area contributed by atoms with E-state index in [-0.39, 0.29) is 12.5 Å². The van der Waals surface area contributed by atoms with Gasteiger partial charge in [-0.3, -0.25) is 4.79 Å². The number of hydrogen-bond donors (Lipinski definition) is 2. The highest BCUT2D eigenvalue weighted by Gasteiger charge is 2.16. The Hall–Kier alpha value is -1.75. The monoisotopic (exact) mass is 235 g/mol. The largest absolute Gasteiger partial charge is 0.482 e. The van der Waals surface area contributed by atoms with Crippen LogP contribution >= 0.6 is 0 Å². The molecule has 0 aliphatic carbocycles. The summed E-state index contributed by atoms with van der Waals surface area (Å²) in [5.74, 6) is 0.611. The fourth-order valence-corrected chi connectivity index (χ4v) is 1.77. The molecule has 92 valence electrons. The molecule has 2 rings (SSSR count). The zero-order valence-corrected chi connectivity index (χ0v) is 9.90. The lowest BCUT2D eigenvalue weighted by atomic mass is 10.2. The first-order valence-corrected chi connectivity index (χ1v) is 5.68. The first-order valence-electron chi connectivity index (χ1n) is 5.68. The number of benzene rings is 1. The van der Waals surface area contributed by atoms with Crippen molar-refractivity contribution >= 4 is 17.3 Å². The van der Waals surface area contributed by atoms with E-state index in [0.29, 0.717) is 6.54 Å². The van der Waals surface area contributed by atoms with Gasteiger partial charge in [-0.05, 0) is 31.2 Å². The molecular weight excluding hydrogens is 218 g/mol. The van der Waals surface area contributed by atoms with Crippen molar-refractivity contribution in [2.24, 2.45) is 5.73 Å². The third-order valence-corrected chi connectivity index (χ3v) is 2.73. The van der Waals surface area contributed by atoms with Gasteiger partial charge in [0.15, 0.2) is 6.61 Å². The Kier molecular flexibility index (Phi) is 3.49. The van der Waals surface area contributed by atoms with Gasteiger partial charge in [-0.15, -0.1) is 0 Å². The van der Waals surface area contributed by atoms with Gasteiger partial charge in [0.1, 0.15) is 5.75 Å². The van der Waals surface area contributed by atoms with E-state index in [1.807, 2.05) is 25.2 Å². The van der Waals surface area contributed by atoms with Crippen molar-refractivity contribution in [1.29, 1.82) is 0 Å². The third-order valence-electron chi connectivity index (χ3n) is 2.73. The molecule has 1 heterocycles. The van der Waals surface area contributed by atoms with Crippen LogP contribution in [0.15, 0.2) is 18.2 Å². The predicted octanol–water partition coefficient (Wildman–Crippen LogP) is 0.802. The highest BCUT2D eigenvalue weighted by molar-refractivity contribution is 5.96. The summed E-state index contributed by atoms with van der Waals surface area (Å²) in [5.41, 5.74) is 7.26. The lowest BCUT2D eigenvalue weighted by molar-refractivity contribution is -0.118. The van der Waals surface area contributed by atoms with Gasteiger partial charge in [0.05, 0.1) is 5.69 Å². The fourth-order valence-electron chi connectivity index (χ4n) is 1.77. The van der Waals surface area contributed by atoms with Gasteiger partial charge in [-0.2, -0.15) is 0 Å². The van der Waals surface area contributed by atoms with Crippen LogP contribution in [0.5, 0.6) is 5.75 Å². The summed E-state index contributed by atoms with van der Waals surface area (Å²) in [6, 6.07) is 5.78. The standard InChI is InChI=1S/C12H17N3O2/c1-15(6-2-5-13)9-3-4-11-10(7-9)14-12(16)8-17-11/h3-4,7H,2,5-6,8,13H2,1H3,(H,14,16). The maximum Gasteiger partial charge on any atom is 0.262 e. The number of amides is 1. The molecule has 0 saturated heterocycles. The Morgan fingerprint density at radius 1 is 1.53 bits per heavy atom. The summed E-state index contributed by atoms with van der Waals surface area (Å²) >= 11 is 0. The topological polar surface area (TPSA) is 67.6 Å². The average Bonchev–Trinajstić information content (AvgIpc) is 2.35. The molecule has 0 unspecified atom stereocenters. The summed E-state index contributed by atoms with van der Waals surface area (Å²) < 4.78 is 5.30. The molecular formula is C12H17N3O2. The number of fused-ring (bicyclic) bond motifs is 1. The van der Waals surface area contributed by atoms with E-state index in [9.17, 15) is 4.79 Å². The fraction of sp³-hybridized carbons (Fsp3) is 0.417. The normalized spacial score (nSPS) is 13.6. The van der Waals surface area contributed by atoms with Gasteiger partial charge in [0.25, 0.3) is 5.91 Å². The first-order chi connectivity index (χ1) is 8.20. The first kappa shape index (κ1) is 11.7. The molecule has 0 bridgehead atoms. The van der Waals surface area contributed by atoms with E-state index >= 15 is 0 Å². The van der Waals surface area contributed by atoms with Crippen LogP contribution in [-0.2, 0) is 4.79 Å². The predicted molar refractivity (Wildman–Crippen MR) is 67.5 cm³/mol. The quantitative estimate of drug-likeness (QED) is 0.810. The van der Waals surface area contributed by atoms with Crippen LogP contribution in [0.25, 0.3) is 0 Å². The van der Waals surface area contributed by atoms with E-state index in [4.69, 9.17) is 10.5 Å². The molecule has 1 aliphatic rings. The molecule has 1 aromatic rings. The maximum atomic E-state index is 11.2. The van der Waals surface area contributed by atoms with Crippen LogP contribution in [-0.4, -0.2) is 32.7 Å². The van der Waals surface area contributed by atoms with Crippen molar-refractivity contribution in [3.05, 3.63) is 18.2 Å². The number of carbonyl (C=O) groups excluding carboxylic acids is 1. The molecule has 0 aromatic heterocycles. The van der Waals surface area contributed by atoms with Crippen LogP contribution in [0.2, 0.25) is 0 Å². The molecule has 0 radical (unpaired) electrons. The van der Waals surface area contributed by atoms with E-state index in [1.54, 1.807) is 0 Å². The summed E-state index contributed by atoms with van der Waals surface area (Å²) in [6.45, 7) is 1.66. The Morgan fingerprint density at radius 2 is 2.35 bits per heavy atom. The van der Waals surface area contributed by atoms with Gasteiger partial charge in [0, 0.05) is 19.3 Å². The molecule has 5 heteroatoms. The number of anilines is 2. The summed E-state index contributed by atoms with van der Waals surface area (Å²) in [5, 5.41) is 2.80. The van der Waals surface area contributed by atoms with Crippen LogP contribution in [0.4, 0.5) is 11.4 Å². The summed E-state index contributed by atoms with van der Waals surface area (Å²) in [6.07, 6.45) is 0.941. The third kappa shape index (κ3) is 2.68. The molecule has 3 N–H and O–H groups in total. The van der Waals surface area contributed by atoms with Crippen LogP contribution < -0.4 is 20.7 Å². The Morgan fingerprint density at radius 3 is 3.12 bits per heavy atom. The number of rotatable bonds is 4. The lowest BCUT2D eigenvalue weighted by Gasteiger charge is -2.23. The minimum Gasteiger partial charge on any atom is -0.482 e. The molecule has 1 aromatic carbocycles. The van der Waals surface area contributed by atoms with E-state index in [0.717, 1.165) is 30.1 Å². The highest BCUT2D eigenvalue weighted by Crippen LogP contribution is 2.31. The lowest BCUT2D eigenvalue weighted by Crippen LogP contribution is -2.26. The van der Waals surface area contributed by atoms with Gasteiger partial charge in [0.2, 0.25) is 0 Å². The van der Waals surface area contributed by atoms with Gasteiger partial charge >= 0.3 is 0 Å². The van der Waals surface area contributed by atoms with E-state index in [2.05, 4.69) is 10.2 Å². The smallest absolute Gasteiger partial charge is 0.262 e. The molecule has 0 spiro atoms.